The molecular formula is C18H18ClNO4S. The molecule has 0 bridgehead atoms. The van der Waals surface area contributed by atoms with E-state index in [-0.39, 0.29) is 4.90 Å². The van der Waals surface area contributed by atoms with E-state index >= 15 is 0 Å². The van der Waals surface area contributed by atoms with Crippen molar-refractivity contribution in [3.8, 4) is 0 Å². The molecule has 7 heteroatoms. The van der Waals surface area contributed by atoms with E-state index in [1.807, 2.05) is 19.1 Å². The molecule has 3 rings (SSSR count). The van der Waals surface area contributed by atoms with Crippen LogP contribution >= 0.6 is 11.6 Å². The third kappa shape index (κ3) is 2.84. The van der Waals surface area contributed by atoms with Crippen LogP contribution in [-0.2, 0) is 21.1 Å². The van der Waals surface area contributed by atoms with Crippen LogP contribution in [0.5, 0.6) is 0 Å². The third-order valence-corrected chi connectivity index (χ3v) is 7.29. The Morgan fingerprint density at radius 3 is 2.20 bits per heavy atom. The molecule has 5 nitrogen and oxygen atoms in total. The second-order valence-electron chi connectivity index (χ2n) is 6.23. The van der Waals surface area contributed by atoms with Crippen LogP contribution in [0.4, 0.5) is 0 Å². The zero-order valence-electron chi connectivity index (χ0n) is 13.5. The number of aryl methyl sites for hydroxylation is 1. The molecule has 0 spiro atoms. The summed E-state index contributed by atoms with van der Waals surface area (Å²) in [4.78, 5) is 11.7. The van der Waals surface area contributed by atoms with Crippen LogP contribution in [-0.4, -0.2) is 30.3 Å². The highest BCUT2D eigenvalue weighted by molar-refractivity contribution is 7.92. The zero-order valence-corrected chi connectivity index (χ0v) is 15.1. The Labute approximate surface area is 151 Å². The standard InChI is InChI=1S/C18H18ClNO4S/c1-2-11-3-5-12(6-4-11)15-16(18(15,20)17(21)22)25(23,24)14-9-7-13(19)8-10-14/h3-10,15-16H,2,20H2,1H3,(H,21,22)/t15-,16+,18-/m1/s1. The van der Waals surface area contributed by atoms with Crippen LogP contribution in [0.3, 0.4) is 0 Å². The lowest BCUT2D eigenvalue weighted by molar-refractivity contribution is -0.139. The lowest BCUT2D eigenvalue weighted by Crippen LogP contribution is -2.39. The summed E-state index contributed by atoms with van der Waals surface area (Å²) in [6.07, 6.45) is 0.837. The average molecular weight is 380 g/mol. The number of halogens is 1. The first-order valence-corrected chi connectivity index (χ1v) is 9.76. The summed E-state index contributed by atoms with van der Waals surface area (Å²) in [5.41, 5.74) is 5.89. The second kappa shape index (κ2) is 6.12. The van der Waals surface area contributed by atoms with Crippen molar-refractivity contribution < 1.29 is 18.3 Å². The molecule has 1 aliphatic carbocycles. The van der Waals surface area contributed by atoms with Crippen molar-refractivity contribution in [1.29, 1.82) is 0 Å². The first-order chi connectivity index (χ1) is 11.7. The number of rotatable bonds is 5. The SMILES string of the molecule is CCc1ccc([C@@H]2[C@H](S(=O)(=O)c3ccc(Cl)cc3)[C@@]2(N)C(=O)O)cc1. The highest BCUT2D eigenvalue weighted by Crippen LogP contribution is 2.55. The van der Waals surface area contributed by atoms with Crippen LogP contribution in [0, 0.1) is 0 Å². The lowest BCUT2D eigenvalue weighted by atomic mass is 10.0. The molecule has 25 heavy (non-hydrogen) atoms. The highest BCUT2D eigenvalue weighted by atomic mass is 35.5. The van der Waals surface area contributed by atoms with Crippen LogP contribution in [0.2, 0.25) is 5.02 Å². The van der Waals surface area contributed by atoms with Gasteiger partial charge < -0.3 is 10.8 Å². The largest absolute Gasteiger partial charge is 0.480 e. The van der Waals surface area contributed by atoms with Crippen LogP contribution < -0.4 is 5.73 Å². The number of nitrogens with two attached hydrogens (primary N) is 1. The van der Waals surface area contributed by atoms with Crippen molar-refractivity contribution in [2.45, 2.75) is 34.9 Å². The fraction of sp³-hybridized carbons (Fsp3) is 0.278. The summed E-state index contributed by atoms with van der Waals surface area (Å²) in [7, 11) is -3.91. The summed E-state index contributed by atoms with van der Waals surface area (Å²) in [5.74, 6) is -2.11. The molecule has 0 radical (unpaired) electrons. The summed E-state index contributed by atoms with van der Waals surface area (Å²) in [6, 6.07) is 12.9. The maximum atomic E-state index is 12.9. The number of sulfone groups is 1. The molecular weight excluding hydrogens is 362 g/mol. The number of carboxylic acids is 1. The summed E-state index contributed by atoms with van der Waals surface area (Å²) in [5, 5.41) is 8.74. The summed E-state index contributed by atoms with van der Waals surface area (Å²) < 4.78 is 25.9. The molecule has 2 aromatic carbocycles. The van der Waals surface area contributed by atoms with Gasteiger partial charge in [-0.25, -0.2) is 8.42 Å². The molecule has 132 valence electrons. The quantitative estimate of drug-likeness (QED) is 0.832. The van der Waals surface area contributed by atoms with E-state index in [1.54, 1.807) is 12.1 Å². The molecule has 0 aliphatic heterocycles. The molecule has 1 fully saturated rings. The Morgan fingerprint density at radius 1 is 1.16 bits per heavy atom. The van der Waals surface area contributed by atoms with E-state index in [9.17, 15) is 18.3 Å². The molecule has 0 aromatic heterocycles. The van der Waals surface area contributed by atoms with Gasteiger partial charge in [0, 0.05) is 10.9 Å². The first-order valence-electron chi connectivity index (χ1n) is 7.83. The second-order valence-corrected chi connectivity index (χ2v) is 8.74. The van der Waals surface area contributed by atoms with Crippen molar-refractivity contribution in [2.75, 3.05) is 0 Å². The van der Waals surface area contributed by atoms with E-state index in [1.165, 1.54) is 24.3 Å². The average Bonchev–Trinajstić information content (AvgIpc) is 3.24. The van der Waals surface area contributed by atoms with Gasteiger partial charge in [-0.15, -0.1) is 0 Å². The van der Waals surface area contributed by atoms with E-state index in [4.69, 9.17) is 17.3 Å². The molecule has 0 saturated heterocycles. The minimum atomic E-state index is -3.91. The summed E-state index contributed by atoms with van der Waals surface area (Å²) >= 11 is 5.80. The molecule has 1 saturated carbocycles. The monoisotopic (exact) mass is 379 g/mol. The van der Waals surface area contributed by atoms with Crippen molar-refractivity contribution >= 4 is 27.4 Å². The molecule has 3 atom stereocenters. The fourth-order valence-electron chi connectivity index (χ4n) is 3.25. The minimum Gasteiger partial charge on any atom is -0.480 e. The van der Waals surface area contributed by atoms with Crippen LogP contribution in [0.15, 0.2) is 53.4 Å². The van der Waals surface area contributed by atoms with Gasteiger partial charge in [-0.05, 0) is 41.8 Å². The van der Waals surface area contributed by atoms with E-state index < -0.39 is 32.5 Å². The molecule has 1 aliphatic rings. The zero-order chi connectivity index (χ0) is 18.4. The number of hydrogen-bond donors (Lipinski definition) is 2. The van der Waals surface area contributed by atoms with Crippen LogP contribution in [0.1, 0.15) is 24.0 Å². The fourth-order valence-corrected chi connectivity index (χ4v) is 5.60. The number of carboxylic acid groups (broad SMARTS) is 1. The molecule has 3 N–H and O–H groups in total. The Balaban J connectivity index is 2.03. The molecule has 0 unspecified atom stereocenters. The third-order valence-electron chi connectivity index (χ3n) is 4.77. The molecule has 0 heterocycles. The molecule has 2 aromatic rings. The van der Waals surface area contributed by atoms with Gasteiger partial charge in [0.25, 0.3) is 0 Å². The smallest absolute Gasteiger partial charge is 0.325 e. The van der Waals surface area contributed by atoms with Gasteiger partial charge in [0.15, 0.2) is 9.84 Å². The van der Waals surface area contributed by atoms with Gasteiger partial charge in [0.2, 0.25) is 0 Å². The van der Waals surface area contributed by atoms with Gasteiger partial charge in [0.05, 0.1) is 4.90 Å². The number of benzene rings is 2. The van der Waals surface area contributed by atoms with E-state index in [0.717, 1.165) is 12.0 Å². The van der Waals surface area contributed by atoms with E-state index in [0.29, 0.717) is 10.6 Å². The normalized spacial score (nSPS) is 25.6. The number of aliphatic carboxylic acids is 1. The number of hydrogen-bond acceptors (Lipinski definition) is 4. The van der Waals surface area contributed by atoms with Gasteiger partial charge in [-0.3, -0.25) is 4.79 Å². The first kappa shape index (κ1) is 17.9. The lowest BCUT2D eigenvalue weighted by Gasteiger charge is -2.07. The maximum absolute atomic E-state index is 12.9. The molecule has 0 amide bonds. The summed E-state index contributed by atoms with van der Waals surface area (Å²) in [6.45, 7) is 2.00. The van der Waals surface area contributed by atoms with Crippen LogP contribution in [0.25, 0.3) is 0 Å². The predicted molar refractivity (Wildman–Crippen MR) is 95.5 cm³/mol. The van der Waals surface area contributed by atoms with Gasteiger partial charge >= 0.3 is 5.97 Å². The Hall–Kier alpha value is -1.89. The topological polar surface area (TPSA) is 97.5 Å². The van der Waals surface area contributed by atoms with Gasteiger partial charge in [-0.2, -0.15) is 0 Å². The Bertz CT molecular complexity index is 909. The van der Waals surface area contributed by atoms with Crippen molar-refractivity contribution in [2.24, 2.45) is 5.73 Å². The Kier molecular flexibility index (Phi) is 4.39. The van der Waals surface area contributed by atoms with E-state index in [2.05, 4.69) is 0 Å². The van der Waals surface area contributed by atoms with Crippen molar-refractivity contribution in [3.63, 3.8) is 0 Å². The maximum Gasteiger partial charge on any atom is 0.325 e. The number of carbonyl (C=O) groups is 1. The Morgan fingerprint density at radius 2 is 1.72 bits per heavy atom. The van der Waals surface area contributed by atoms with Gasteiger partial charge in [-0.1, -0.05) is 42.8 Å². The predicted octanol–water partition coefficient (Wildman–Crippen LogP) is 2.62. The minimum absolute atomic E-state index is 0.0191. The van der Waals surface area contributed by atoms with Crippen molar-refractivity contribution in [3.05, 3.63) is 64.7 Å². The van der Waals surface area contributed by atoms with Crippen molar-refractivity contribution in [1.82, 2.24) is 0 Å². The van der Waals surface area contributed by atoms with Gasteiger partial charge in [0.1, 0.15) is 10.8 Å². The highest BCUT2D eigenvalue weighted by Gasteiger charge is 2.74.